The smallest absolute Gasteiger partial charge is 0.338 e. The van der Waals surface area contributed by atoms with Crippen LogP contribution in [0.4, 0.5) is 0 Å². The second-order valence-electron chi connectivity index (χ2n) is 29.0. The molecule has 7 aliphatic heterocycles. The van der Waals surface area contributed by atoms with Crippen LogP contribution in [0.3, 0.4) is 0 Å². The quantitative estimate of drug-likeness (QED) is 0.0279. The zero-order chi connectivity index (χ0) is 90.9. The second-order valence-corrected chi connectivity index (χ2v) is 29.0. The Morgan fingerprint density at radius 2 is 0.540 bits per heavy atom. The highest BCUT2D eigenvalue weighted by molar-refractivity contribution is 5.89. The van der Waals surface area contributed by atoms with Crippen molar-refractivity contribution < 1.29 is 209 Å². The largest absolute Gasteiger partial charge is 0.463 e. The molecule has 1 N–H and O–H groups in total. The van der Waals surface area contributed by atoms with E-state index < -0.39 is 295 Å². The Hall–Kier alpha value is -7.28. The third-order valence-corrected chi connectivity index (χ3v) is 20.8. The lowest BCUT2D eigenvalue weighted by molar-refractivity contribution is -0.402. The molecule has 0 saturated carbocycles. The van der Waals surface area contributed by atoms with Crippen molar-refractivity contribution in [2.24, 2.45) is 5.11 Å². The highest BCUT2D eigenvalue weighted by Gasteiger charge is 2.63. The van der Waals surface area contributed by atoms with Crippen molar-refractivity contribution in [2.75, 3.05) is 132 Å². The van der Waals surface area contributed by atoms with Crippen LogP contribution in [0.15, 0.2) is 35.4 Å². The fraction of sp³-hybridized carbons (Fsp3) is 0.805. The molecule has 0 spiro atoms. The van der Waals surface area contributed by atoms with Crippen LogP contribution in [0.25, 0.3) is 10.4 Å². The maximum absolute atomic E-state index is 14.1. The van der Waals surface area contributed by atoms with E-state index in [0.29, 0.717) is 0 Å². The maximum Gasteiger partial charge on any atom is 0.338 e. The number of benzene rings is 1. The second kappa shape index (κ2) is 49.3. The van der Waals surface area contributed by atoms with Gasteiger partial charge in [-0.25, -0.2) is 4.79 Å². The fourth-order valence-electron chi connectivity index (χ4n) is 15.7. The summed E-state index contributed by atoms with van der Waals surface area (Å²) in [6, 6.07) is 6.47. The van der Waals surface area contributed by atoms with Crippen LogP contribution in [0, 0.1) is 0 Å². The summed E-state index contributed by atoms with van der Waals surface area (Å²) in [5, 5.41) is 14.7. The van der Waals surface area contributed by atoms with Crippen LogP contribution >= 0.6 is 0 Å². The molecule has 1 aromatic rings. The molecule has 0 aromatic heterocycles. The van der Waals surface area contributed by atoms with Gasteiger partial charge in [-0.3, -0.25) is 38.4 Å². The van der Waals surface area contributed by atoms with Crippen molar-refractivity contribution in [1.29, 1.82) is 0 Å². The van der Waals surface area contributed by atoms with Gasteiger partial charge in [0.15, 0.2) is 74.6 Å². The molecule has 0 aliphatic carbocycles. The number of carbonyl (C=O) groups excluding carboxylic acids is 9. The molecular weight excluding hydrogens is 1670 g/mol. The molecule has 0 bridgehead atoms. The van der Waals surface area contributed by atoms with Gasteiger partial charge in [0.1, 0.15) is 161 Å². The van der Waals surface area contributed by atoms with Crippen molar-refractivity contribution in [1.82, 2.24) is 0 Å². The first-order valence-electron chi connectivity index (χ1n) is 39.3. The van der Waals surface area contributed by atoms with Crippen LogP contribution in [-0.4, -0.2) is 405 Å². The number of aliphatic hydroxyl groups excluding tert-OH is 1. The Labute approximate surface area is 714 Å². The standard InChI is InChI=1S/C77H115N3O44/c1-33(81)103-29-45-50(57(94-12)49(79-80-78)71(90)112-45)119-72-64(99-17)58(95-13)51(42(113-72)26-91-9)120-73-65(100-18)59(96-14)52(43(114-73)27-92-10)121-74-66(101-19)60(97-15)53(44(115-74)28-93-11)122-75-67(102-20)61(98-16)54(48(116-75)32-106-70(89)41-24-22-21-23-25-41)123-76-69(111-40(8)88)63(109-38(6)86)56(47(118-76)31-105-35(3)83)124-77-68(110-39(7)87)62(108-37(5)85)55(107-36(4)84)46(117-77)30-104-34(2)82/h21-25,42-69,71-77,90H,26-32H2,1-20H3/t42?,43?,44?,45?,46?,47?,48?,49-,50+,51-,52-,53+,54+,55-,56-,57?,58?,59?,60?,61?,62?,63?,64?,65?,66-,67-,68?,69?,71?,72-,73-,74+,75+,76-,77-/m1/s1. The van der Waals surface area contributed by atoms with Gasteiger partial charge in [-0.05, 0) is 17.7 Å². The Bertz CT molecular complexity index is 3610. The van der Waals surface area contributed by atoms with Gasteiger partial charge in [-0.15, -0.1) is 0 Å². The first kappa shape index (κ1) is 102. The van der Waals surface area contributed by atoms with Gasteiger partial charge in [0.25, 0.3) is 0 Å². The van der Waals surface area contributed by atoms with Crippen molar-refractivity contribution >= 4 is 53.7 Å². The molecule has 124 heavy (non-hydrogen) atoms. The number of methoxy groups -OCH3 is 12. The number of nitrogens with zero attached hydrogens (tertiary/aromatic N) is 3. The fourth-order valence-corrected chi connectivity index (χ4v) is 15.7. The minimum atomic E-state index is -2.03. The topological polar surface area (TPSA) is 536 Å². The molecule has 47 heteroatoms. The van der Waals surface area contributed by atoms with Crippen molar-refractivity contribution in [3.8, 4) is 0 Å². The van der Waals surface area contributed by atoms with E-state index in [2.05, 4.69) is 10.0 Å². The normalized spacial score (nSPS) is 37.4. The van der Waals surface area contributed by atoms with E-state index in [1.165, 1.54) is 104 Å². The van der Waals surface area contributed by atoms with E-state index in [4.69, 9.17) is 161 Å². The van der Waals surface area contributed by atoms with Gasteiger partial charge >= 0.3 is 53.7 Å². The number of azide groups is 1. The molecule has 0 radical (unpaired) electrons. The number of esters is 9. The van der Waals surface area contributed by atoms with Crippen molar-refractivity contribution in [2.45, 2.75) is 270 Å². The number of rotatable bonds is 42. The van der Waals surface area contributed by atoms with E-state index >= 15 is 0 Å². The molecule has 47 nitrogen and oxygen atoms in total. The van der Waals surface area contributed by atoms with Gasteiger partial charge in [-0.2, -0.15) is 0 Å². The van der Waals surface area contributed by atoms with Crippen molar-refractivity contribution in [3.63, 3.8) is 0 Å². The number of ether oxygens (including phenoxy) is 34. The molecule has 0 amide bonds. The lowest BCUT2D eigenvalue weighted by Gasteiger charge is -2.52. The first-order valence-corrected chi connectivity index (χ1v) is 39.3. The number of hydrogen-bond donors (Lipinski definition) is 1. The molecule has 7 saturated heterocycles. The molecule has 35 atom stereocenters. The molecule has 19 unspecified atom stereocenters. The molecule has 7 heterocycles. The van der Waals surface area contributed by atoms with E-state index in [1.54, 1.807) is 18.2 Å². The average Bonchev–Trinajstić information content (AvgIpc) is 0.772. The van der Waals surface area contributed by atoms with Crippen LogP contribution < -0.4 is 0 Å². The first-order chi connectivity index (χ1) is 59.3. The van der Waals surface area contributed by atoms with Crippen molar-refractivity contribution in [3.05, 3.63) is 46.3 Å². The van der Waals surface area contributed by atoms with Crippen LogP contribution in [0.1, 0.15) is 65.7 Å². The average molecular weight is 1790 g/mol. The minimum absolute atomic E-state index is 0.0972. The number of carbonyl (C=O) groups is 9. The maximum atomic E-state index is 14.1. The predicted octanol–water partition coefficient (Wildman–Crippen LogP) is -0.678. The Morgan fingerprint density at radius 3 is 0.823 bits per heavy atom. The predicted molar refractivity (Wildman–Crippen MR) is 402 cm³/mol. The lowest BCUT2D eigenvalue weighted by atomic mass is 9.94. The summed E-state index contributed by atoms with van der Waals surface area (Å²) in [5.74, 6) is -8.37. The molecule has 702 valence electrons. The van der Waals surface area contributed by atoms with Crippen LogP contribution in [0.5, 0.6) is 0 Å². The summed E-state index contributed by atoms with van der Waals surface area (Å²) in [6.45, 7) is 4.91. The zero-order valence-corrected chi connectivity index (χ0v) is 72.4. The molecule has 1 aromatic carbocycles. The Balaban J connectivity index is 1.11. The molecule has 8 rings (SSSR count). The van der Waals surface area contributed by atoms with E-state index in [1.807, 2.05) is 0 Å². The van der Waals surface area contributed by atoms with E-state index in [0.717, 1.165) is 48.5 Å². The summed E-state index contributed by atoms with van der Waals surface area (Å²) < 4.78 is 210. The summed E-state index contributed by atoms with van der Waals surface area (Å²) in [6.07, 6.45) is -50.2. The van der Waals surface area contributed by atoms with Gasteiger partial charge in [-0.1, -0.05) is 23.3 Å². The summed E-state index contributed by atoms with van der Waals surface area (Å²) in [7, 11) is 16.3. The van der Waals surface area contributed by atoms with E-state index in [-0.39, 0.29) is 25.4 Å². The third-order valence-electron chi connectivity index (χ3n) is 20.8. The van der Waals surface area contributed by atoms with Gasteiger partial charge in [0.2, 0.25) is 0 Å². The van der Waals surface area contributed by atoms with E-state index in [9.17, 15) is 53.8 Å². The monoisotopic (exact) mass is 1790 g/mol. The molecule has 7 aliphatic rings. The lowest BCUT2D eigenvalue weighted by Crippen LogP contribution is -2.69. The molecule has 7 fully saturated rings. The van der Waals surface area contributed by atoms with Gasteiger partial charge in [0, 0.05) is 146 Å². The third kappa shape index (κ3) is 26.0. The van der Waals surface area contributed by atoms with Crippen LogP contribution in [0.2, 0.25) is 0 Å². The van der Waals surface area contributed by atoms with Gasteiger partial charge in [0.05, 0.1) is 31.5 Å². The number of aliphatic hydroxyl groups is 1. The van der Waals surface area contributed by atoms with Gasteiger partial charge < -0.3 is 166 Å². The molecular formula is C77H115N3O44. The summed E-state index contributed by atoms with van der Waals surface area (Å²) in [4.78, 5) is 120. The Morgan fingerprint density at radius 1 is 0.298 bits per heavy atom. The summed E-state index contributed by atoms with van der Waals surface area (Å²) in [5.41, 5.74) is 9.58. The highest BCUT2D eigenvalue weighted by atomic mass is 16.8. The Kier molecular flexibility index (Phi) is 40.6. The minimum Gasteiger partial charge on any atom is -0.463 e. The zero-order valence-electron chi connectivity index (χ0n) is 72.4. The summed E-state index contributed by atoms with van der Waals surface area (Å²) >= 11 is 0. The highest BCUT2D eigenvalue weighted by Crippen LogP contribution is 2.43. The number of hydrogen-bond acceptors (Lipinski definition) is 45. The van der Waals surface area contributed by atoms with Crippen LogP contribution in [-0.2, 0) is 199 Å². The SMILES string of the molecule is COCC1O[C@H](O[C@H]2C(COC(C)=O)OC(O)[C@H](N=[N+]=[N-])C2OC)C(OC)C(OC)[C@@H]1O[C@H]1OC(COC)[C@@H](O[C@@H]2OC(COC)[C@H](O[C@@H]3OC(COC(=O)c4ccccc4)[C@H](O[C@H]4OC(COC(C)=O)[C@@H](O[C@H]5OC(COC(C)=O)[C@@H](OC(C)=O)C(OC(C)=O)C5OC(C)=O)C(OC(C)=O)C4OC(C)=O)C(OC)[C@H]3OC)C(OC)[C@H]2OC)C(OC)C1OC.